The van der Waals surface area contributed by atoms with Gasteiger partial charge in [-0.05, 0) is 42.9 Å². The highest BCUT2D eigenvalue weighted by atomic mass is 35.5. The number of aromatic nitrogens is 3. The van der Waals surface area contributed by atoms with E-state index < -0.39 is 0 Å². The fourth-order valence-electron chi connectivity index (χ4n) is 4.21. The maximum absolute atomic E-state index is 14.2. The van der Waals surface area contributed by atoms with Gasteiger partial charge < -0.3 is 4.57 Å². The third kappa shape index (κ3) is 4.20. The summed E-state index contributed by atoms with van der Waals surface area (Å²) in [5.74, 6) is 1.68. The van der Waals surface area contributed by atoms with Gasteiger partial charge in [0.1, 0.15) is 17.2 Å². The topological polar surface area (TPSA) is 47.8 Å². The van der Waals surface area contributed by atoms with E-state index in [1.54, 1.807) is 18.3 Å². The predicted octanol–water partition coefficient (Wildman–Crippen LogP) is 5.75. The summed E-state index contributed by atoms with van der Waals surface area (Å²) in [6.07, 6.45) is 7.14. The Morgan fingerprint density at radius 1 is 1.28 bits per heavy atom. The minimum Gasteiger partial charge on any atom is -0.316 e. The molecule has 0 N–H and O–H groups in total. The second kappa shape index (κ2) is 8.23. The molecule has 0 bridgehead atoms. The standard InChI is InChI=1S/C23H25ClFN3O/c1-14-6-8-15(9-7-14)10-21(29)16-11-20-23(26-13-16)28(2)22(27-20)12-17-18(24)4-3-5-19(17)25/h3-5,11,13-15H,6-10,12H2,1-2H3. The van der Waals surface area contributed by atoms with Crippen LogP contribution < -0.4 is 0 Å². The molecule has 1 aliphatic carbocycles. The minimum atomic E-state index is -0.352. The number of fused-ring (bicyclic) bond motifs is 1. The van der Waals surface area contributed by atoms with Crippen LogP contribution in [0.5, 0.6) is 0 Å². The van der Waals surface area contributed by atoms with Crippen molar-refractivity contribution < 1.29 is 9.18 Å². The first-order valence-corrected chi connectivity index (χ1v) is 10.6. The molecule has 2 heterocycles. The number of hydrogen-bond acceptors (Lipinski definition) is 3. The Bertz CT molecular complexity index is 1030. The van der Waals surface area contributed by atoms with Gasteiger partial charge in [-0.2, -0.15) is 0 Å². The molecule has 0 unspecified atom stereocenters. The highest BCUT2D eigenvalue weighted by Gasteiger charge is 2.22. The molecular weight excluding hydrogens is 389 g/mol. The molecule has 0 atom stereocenters. The third-order valence-corrected chi connectivity index (χ3v) is 6.48. The van der Waals surface area contributed by atoms with Crippen LogP contribution in [0.15, 0.2) is 30.5 Å². The fourth-order valence-corrected chi connectivity index (χ4v) is 4.44. The Hall–Kier alpha value is -2.27. The molecule has 2 aromatic heterocycles. The van der Waals surface area contributed by atoms with Crippen LogP contribution in [0.3, 0.4) is 0 Å². The molecule has 4 rings (SSSR count). The van der Waals surface area contributed by atoms with Gasteiger partial charge in [0.15, 0.2) is 11.4 Å². The highest BCUT2D eigenvalue weighted by Crippen LogP contribution is 2.31. The van der Waals surface area contributed by atoms with E-state index in [4.69, 9.17) is 11.6 Å². The largest absolute Gasteiger partial charge is 0.316 e. The van der Waals surface area contributed by atoms with Crippen molar-refractivity contribution in [2.45, 2.75) is 45.4 Å². The summed E-state index contributed by atoms with van der Waals surface area (Å²) in [5, 5.41) is 0.377. The quantitative estimate of drug-likeness (QED) is 0.500. The Kier molecular flexibility index (Phi) is 5.68. The van der Waals surface area contributed by atoms with Crippen molar-refractivity contribution in [1.82, 2.24) is 14.5 Å². The number of halogens is 2. The number of carbonyl (C=O) groups is 1. The van der Waals surface area contributed by atoms with Gasteiger partial charge in [0.25, 0.3) is 0 Å². The number of aryl methyl sites for hydroxylation is 1. The first kappa shape index (κ1) is 20.0. The number of carbonyl (C=O) groups excluding carboxylic acids is 1. The molecule has 0 radical (unpaired) electrons. The van der Waals surface area contributed by atoms with E-state index in [2.05, 4.69) is 16.9 Å². The number of hydrogen-bond donors (Lipinski definition) is 0. The SMILES string of the molecule is CC1CCC(CC(=O)c2cnc3c(c2)nc(Cc2c(F)cccc2Cl)n3C)CC1. The van der Waals surface area contributed by atoms with Crippen LogP contribution in [0.25, 0.3) is 11.2 Å². The zero-order valence-electron chi connectivity index (χ0n) is 16.8. The lowest BCUT2D eigenvalue weighted by atomic mass is 9.80. The number of imidazole rings is 1. The lowest BCUT2D eigenvalue weighted by molar-refractivity contribution is 0.0944. The van der Waals surface area contributed by atoms with Crippen LogP contribution in [0, 0.1) is 17.7 Å². The number of rotatable bonds is 5. The van der Waals surface area contributed by atoms with Gasteiger partial charge >= 0.3 is 0 Å². The number of nitrogens with zero attached hydrogens (tertiary/aromatic N) is 3. The first-order valence-electron chi connectivity index (χ1n) is 10.2. The summed E-state index contributed by atoms with van der Waals surface area (Å²) >= 11 is 6.16. The van der Waals surface area contributed by atoms with E-state index in [9.17, 15) is 9.18 Å². The van der Waals surface area contributed by atoms with Crippen molar-refractivity contribution in [3.8, 4) is 0 Å². The molecule has 4 nitrogen and oxygen atoms in total. The Labute approximate surface area is 175 Å². The van der Waals surface area contributed by atoms with Gasteiger partial charge in [0.05, 0.1) is 0 Å². The van der Waals surface area contributed by atoms with Gasteiger partial charge in [-0.3, -0.25) is 4.79 Å². The Morgan fingerprint density at radius 2 is 2.03 bits per heavy atom. The lowest BCUT2D eigenvalue weighted by Crippen LogP contribution is -2.16. The normalized spacial score (nSPS) is 19.6. The van der Waals surface area contributed by atoms with Crippen LogP contribution in [-0.2, 0) is 13.5 Å². The van der Waals surface area contributed by atoms with Crippen molar-refractivity contribution in [3.05, 3.63) is 58.3 Å². The average Bonchev–Trinajstić information content (AvgIpc) is 3.01. The molecule has 0 amide bonds. The number of Topliss-reactive ketones (excluding diaryl/α,β-unsaturated/α-hetero) is 1. The van der Waals surface area contributed by atoms with E-state index in [0.717, 1.165) is 18.8 Å². The zero-order valence-corrected chi connectivity index (χ0v) is 17.5. The van der Waals surface area contributed by atoms with Crippen LogP contribution in [0.2, 0.25) is 5.02 Å². The molecule has 1 saturated carbocycles. The Balaban J connectivity index is 1.56. The van der Waals surface area contributed by atoms with Crippen molar-refractivity contribution in [2.75, 3.05) is 0 Å². The summed E-state index contributed by atoms with van der Waals surface area (Å²) in [5.41, 5.74) is 2.34. The third-order valence-electron chi connectivity index (χ3n) is 6.13. The van der Waals surface area contributed by atoms with Gasteiger partial charge in [-0.1, -0.05) is 37.4 Å². The molecule has 29 heavy (non-hydrogen) atoms. The first-order chi connectivity index (χ1) is 13.9. The number of ketones is 1. The lowest BCUT2D eigenvalue weighted by Gasteiger charge is -2.25. The molecule has 3 aromatic rings. The van der Waals surface area contributed by atoms with E-state index in [0.29, 0.717) is 45.5 Å². The van der Waals surface area contributed by atoms with Crippen molar-refractivity contribution in [1.29, 1.82) is 0 Å². The van der Waals surface area contributed by atoms with Crippen molar-refractivity contribution >= 4 is 28.5 Å². The molecule has 152 valence electrons. The minimum absolute atomic E-state index is 0.128. The molecule has 0 aliphatic heterocycles. The van der Waals surface area contributed by atoms with E-state index in [1.165, 1.54) is 18.9 Å². The van der Waals surface area contributed by atoms with Gasteiger partial charge in [-0.15, -0.1) is 0 Å². The predicted molar refractivity (Wildman–Crippen MR) is 113 cm³/mol. The summed E-state index contributed by atoms with van der Waals surface area (Å²) in [4.78, 5) is 21.8. The monoisotopic (exact) mass is 413 g/mol. The van der Waals surface area contributed by atoms with Crippen LogP contribution in [0.1, 0.15) is 60.8 Å². The molecular formula is C23H25ClFN3O. The van der Waals surface area contributed by atoms with Crippen molar-refractivity contribution in [2.24, 2.45) is 18.9 Å². The molecule has 1 fully saturated rings. The second-order valence-electron chi connectivity index (χ2n) is 8.28. The van der Waals surface area contributed by atoms with Gasteiger partial charge in [0.2, 0.25) is 0 Å². The summed E-state index contributed by atoms with van der Waals surface area (Å²) in [7, 11) is 1.84. The van der Waals surface area contributed by atoms with E-state index >= 15 is 0 Å². The number of pyridine rings is 1. The van der Waals surface area contributed by atoms with Crippen LogP contribution >= 0.6 is 11.6 Å². The zero-order chi connectivity index (χ0) is 20.5. The van der Waals surface area contributed by atoms with E-state index in [1.807, 2.05) is 17.7 Å². The summed E-state index contributed by atoms with van der Waals surface area (Å²) < 4.78 is 16.0. The average molecular weight is 414 g/mol. The second-order valence-corrected chi connectivity index (χ2v) is 8.69. The fraction of sp³-hybridized carbons (Fsp3) is 0.435. The van der Waals surface area contributed by atoms with E-state index in [-0.39, 0.29) is 18.0 Å². The summed E-state index contributed by atoms with van der Waals surface area (Å²) in [6.45, 7) is 2.28. The van der Waals surface area contributed by atoms with Crippen molar-refractivity contribution in [3.63, 3.8) is 0 Å². The van der Waals surface area contributed by atoms with Crippen LogP contribution in [0.4, 0.5) is 4.39 Å². The molecule has 1 aliphatic rings. The molecule has 0 spiro atoms. The molecule has 6 heteroatoms. The summed E-state index contributed by atoms with van der Waals surface area (Å²) in [6, 6.07) is 6.46. The maximum Gasteiger partial charge on any atom is 0.164 e. The van der Waals surface area contributed by atoms with Gasteiger partial charge in [0, 0.05) is 42.2 Å². The number of benzene rings is 1. The highest BCUT2D eigenvalue weighted by molar-refractivity contribution is 6.31. The smallest absolute Gasteiger partial charge is 0.164 e. The van der Waals surface area contributed by atoms with Crippen LogP contribution in [-0.4, -0.2) is 20.3 Å². The molecule has 0 saturated heterocycles. The Morgan fingerprint density at radius 3 is 2.76 bits per heavy atom. The maximum atomic E-state index is 14.2. The van der Waals surface area contributed by atoms with Gasteiger partial charge in [-0.25, -0.2) is 14.4 Å². The molecule has 1 aromatic carbocycles.